The van der Waals surface area contributed by atoms with Gasteiger partial charge in [-0.25, -0.2) is 5.06 Å². The molecule has 0 saturated heterocycles. The van der Waals surface area contributed by atoms with E-state index in [-0.39, 0.29) is 12.4 Å². The first-order valence-electron chi connectivity index (χ1n) is 7.20. The molecule has 0 atom stereocenters. The van der Waals surface area contributed by atoms with Crippen molar-refractivity contribution in [3.8, 4) is 12.3 Å². The first-order chi connectivity index (χ1) is 10.2. The molecule has 8 heteroatoms. The molecule has 1 aliphatic rings. The molecule has 7 nitrogen and oxygen atoms in total. The van der Waals surface area contributed by atoms with Crippen molar-refractivity contribution in [3.63, 3.8) is 0 Å². The molecule has 2 N–H and O–H groups in total. The Labute approximate surface area is 137 Å². The van der Waals surface area contributed by atoms with Gasteiger partial charge in [0.2, 0.25) is 11.9 Å². The van der Waals surface area contributed by atoms with Crippen molar-refractivity contribution in [1.82, 2.24) is 15.0 Å². The van der Waals surface area contributed by atoms with Crippen molar-refractivity contribution in [1.29, 1.82) is 0 Å². The van der Waals surface area contributed by atoms with E-state index >= 15 is 0 Å². The summed E-state index contributed by atoms with van der Waals surface area (Å²) in [4.78, 5) is 18.1. The Morgan fingerprint density at radius 1 is 1.23 bits per heavy atom. The Morgan fingerprint density at radius 3 is 2.55 bits per heavy atom. The second-order valence-corrected chi connectivity index (χ2v) is 5.00. The van der Waals surface area contributed by atoms with Gasteiger partial charge in [-0.3, -0.25) is 4.84 Å². The fourth-order valence-electron chi connectivity index (χ4n) is 2.29. The average Bonchev–Trinajstić information content (AvgIpc) is 2.53. The Hall–Kier alpha value is -1.78. The summed E-state index contributed by atoms with van der Waals surface area (Å²) in [5.74, 6) is 3.93. The highest BCUT2D eigenvalue weighted by Crippen LogP contribution is 2.21. The fraction of sp³-hybridized carbons (Fsp3) is 0.643. The van der Waals surface area contributed by atoms with Crippen LogP contribution >= 0.6 is 12.4 Å². The lowest BCUT2D eigenvalue weighted by atomic mass is 9.96. The van der Waals surface area contributed by atoms with Crippen LogP contribution in [0.25, 0.3) is 0 Å². The number of hydrogen-bond donors (Lipinski definition) is 2. The van der Waals surface area contributed by atoms with Crippen LogP contribution < -0.4 is 15.7 Å². The molecule has 122 valence electrons. The number of aromatic nitrogens is 3. The van der Waals surface area contributed by atoms with Gasteiger partial charge >= 0.3 is 0 Å². The van der Waals surface area contributed by atoms with Crippen molar-refractivity contribution in [3.05, 3.63) is 0 Å². The van der Waals surface area contributed by atoms with Gasteiger partial charge in [0.1, 0.15) is 0 Å². The van der Waals surface area contributed by atoms with Crippen LogP contribution in [0.5, 0.6) is 0 Å². The molecular formula is C14H23ClN6O. The van der Waals surface area contributed by atoms with E-state index < -0.39 is 0 Å². The van der Waals surface area contributed by atoms with Crippen molar-refractivity contribution in [2.45, 2.75) is 38.1 Å². The van der Waals surface area contributed by atoms with Gasteiger partial charge in [0.05, 0.1) is 13.7 Å². The van der Waals surface area contributed by atoms with Crippen molar-refractivity contribution < 1.29 is 4.84 Å². The van der Waals surface area contributed by atoms with Gasteiger partial charge in [-0.1, -0.05) is 25.2 Å². The third-order valence-corrected chi connectivity index (χ3v) is 3.47. The normalized spacial score (nSPS) is 14.6. The molecule has 1 aliphatic carbocycles. The largest absolute Gasteiger partial charge is 0.351 e. The molecule has 1 heterocycles. The number of hydrogen-bond acceptors (Lipinski definition) is 7. The van der Waals surface area contributed by atoms with Gasteiger partial charge in [-0.15, -0.1) is 18.8 Å². The van der Waals surface area contributed by atoms with Crippen LogP contribution in [0.1, 0.15) is 32.1 Å². The third-order valence-electron chi connectivity index (χ3n) is 3.47. The zero-order valence-corrected chi connectivity index (χ0v) is 13.8. The van der Waals surface area contributed by atoms with Crippen LogP contribution in [0.15, 0.2) is 0 Å². The molecule has 0 amide bonds. The van der Waals surface area contributed by atoms with E-state index in [0.29, 0.717) is 30.4 Å². The second-order valence-electron chi connectivity index (χ2n) is 5.00. The standard InChI is InChI=1S/C14H22N6O.ClH/c1-4-10-15-12-17-13(16-11-8-6-5-7-9-11)19-14(18-12)20(2)21-3;/h1,11H,5-10H2,2-3H3,(H2,15,16,17,18,19);1H. The van der Waals surface area contributed by atoms with E-state index in [4.69, 9.17) is 11.3 Å². The number of rotatable bonds is 6. The predicted octanol–water partition coefficient (Wildman–Crippen LogP) is 2.08. The van der Waals surface area contributed by atoms with E-state index in [1.165, 1.54) is 24.3 Å². The lowest BCUT2D eigenvalue weighted by molar-refractivity contribution is 0.180. The van der Waals surface area contributed by atoms with Gasteiger partial charge in [0.15, 0.2) is 0 Å². The van der Waals surface area contributed by atoms with E-state index in [2.05, 4.69) is 31.5 Å². The molecule has 0 aromatic carbocycles. The van der Waals surface area contributed by atoms with E-state index in [9.17, 15) is 0 Å². The maximum Gasteiger partial charge on any atom is 0.256 e. The number of halogens is 1. The summed E-state index contributed by atoms with van der Waals surface area (Å²) in [5, 5.41) is 7.83. The molecule has 0 aliphatic heterocycles. The highest BCUT2D eigenvalue weighted by molar-refractivity contribution is 5.85. The fourth-order valence-corrected chi connectivity index (χ4v) is 2.29. The highest BCUT2D eigenvalue weighted by Gasteiger charge is 2.16. The lowest BCUT2D eigenvalue weighted by Crippen LogP contribution is -2.25. The number of hydroxylamine groups is 1. The van der Waals surface area contributed by atoms with Crippen LogP contribution in [0.4, 0.5) is 17.8 Å². The van der Waals surface area contributed by atoms with Crippen molar-refractivity contribution >= 4 is 30.3 Å². The minimum atomic E-state index is 0. The van der Waals surface area contributed by atoms with Crippen LogP contribution in [0.3, 0.4) is 0 Å². The quantitative estimate of drug-likeness (QED) is 0.612. The smallest absolute Gasteiger partial charge is 0.256 e. The Kier molecular flexibility index (Phi) is 7.71. The highest BCUT2D eigenvalue weighted by atomic mass is 35.5. The van der Waals surface area contributed by atoms with Crippen molar-refractivity contribution in [2.75, 3.05) is 36.4 Å². The molecule has 0 bridgehead atoms. The van der Waals surface area contributed by atoms with Crippen LogP contribution in [-0.4, -0.2) is 41.7 Å². The summed E-state index contributed by atoms with van der Waals surface area (Å²) in [6.45, 7) is 0.364. The molecule has 1 aromatic rings. The summed E-state index contributed by atoms with van der Waals surface area (Å²) in [5.41, 5.74) is 0. The van der Waals surface area contributed by atoms with Gasteiger partial charge in [0.25, 0.3) is 5.95 Å². The van der Waals surface area contributed by atoms with E-state index in [0.717, 1.165) is 12.8 Å². The first-order valence-corrected chi connectivity index (χ1v) is 7.20. The zero-order valence-electron chi connectivity index (χ0n) is 13.0. The molecule has 0 unspecified atom stereocenters. The summed E-state index contributed by atoms with van der Waals surface area (Å²) in [7, 11) is 3.30. The molecule has 1 saturated carbocycles. The van der Waals surface area contributed by atoms with Gasteiger partial charge < -0.3 is 10.6 Å². The third kappa shape index (κ3) is 5.20. The summed E-state index contributed by atoms with van der Waals surface area (Å²) in [6, 6.07) is 0.419. The average molecular weight is 327 g/mol. The zero-order chi connectivity index (χ0) is 15.1. The molecular weight excluding hydrogens is 304 g/mol. The monoisotopic (exact) mass is 326 g/mol. The van der Waals surface area contributed by atoms with Crippen LogP contribution in [0.2, 0.25) is 0 Å². The summed E-state index contributed by atoms with van der Waals surface area (Å²) < 4.78 is 0. The van der Waals surface area contributed by atoms with E-state index in [1.54, 1.807) is 14.2 Å². The minimum Gasteiger partial charge on any atom is -0.351 e. The maximum atomic E-state index is 5.25. The number of anilines is 3. The number of terminal acetylenes is 1. The molecule has 1 aromatic heterocycles. The molecule has 1 fully saturated rings. The minimum absolute atomic E-state index is 0. The Balaban J connectivity index is 0.00000242. The van der Waals surface area contributed by atoms with Crippen LogP contribution in [0, 0.1) is 12.3 Å². The first kappa shape index (κ1) is 18.3. The molecule has 0 radical (unpaired) electrons. The molecule has 22 heavy (non-hydrogen) atoms. The molecule has 0 spiro atoms. The summed E-state index contributed by atoms with van der Waals surface area (Å²) in [6.07, 6.45) is 11.3. The number of nitrogens with zero attached hydrogens (tertiary/aromatic N) is 4. The maximum absolute atomic E-state index is 5.25. The Morgan fingerprint density at radius 2 is 1.91 bits per heavy atom. The van der Waals surface area contributed by atoms with Crippen LogP contribution in [-0.2, 0) is 4.84 Å². The lowest BCUT2D eigenvalue weighted by Gasteiger charge is -2.23. The molecule has 2 rings (SSSR count). The number of nitrogens with one attached hydrogen (secondary N) is 2. The van der Waals surface area contributed by atoms with E-state index in [1.807, 2.05) is 0 Å². The summed E-state index contributed by atoms with van der Waals surface area (Å²) >= 11 is 0. The van der Waals surface area contributed by atoms with Gasteiger partial charge in [0, 0.05) is 13.1 Å². The predicted molar refractivity (Wildman–Crippen MR) is 90.3 cm³/mol. The Bertz CT molecular complexity index is 501. The topological polar surface area (TPSA) is 75.2 Å². The SMILES string of the molecule is C#CCNc1nc(NC2CCCCC2)nc(N(C)OC)n1.Cl. The van der Waals surface area contributed by atoms with Crippen molar-refractivity contribution in [2.24, 2.45) is 0 Å². The second kappa shape index (κ2) is 9.28. The van der Waals surface area contributed by atoms with Gasteiger partial charge in [-0.05, 0) is 12.8 Å². The van der Waals surface area contributed by atoms with Gasteiger partial charge in [-0.2, -0.15) is 15.0 Å².